The third kappa shape index (κ3) is 6.42. The van der Waals surface area contributed by atoms with E-state index in [1.807, 2.05) is 30.3 Å². The van der Waals surface area contributed by atoms with Crippen LogP contribution in [-0.4, -0.2) is 25.1 Å². The molecular weight excluding hydrogens is 300 g/mol. The third-order valence-electron chi connectivity index (χ3n) is 3.75. The van der Waals surface area contributed by atoms with Gasteiger partial charge in [-0.25, -0.2) is 0 Å². The molecule has 1 atom stereocenters. The number of nitrogens with two attached hydrogens (primary N) is 1. The summed E-state index contributed by atoms with van der Waals surface area (Å²) in [5.41, 5.74) is 7.99. The van der Waals surface area contributed by atoms with Crippen molar-refractivity contribution in [1.29, 1.82) is 0 Å². The van der Waals surface area contributed by atoms with E-state index in [1.165, 1.54) is 5.56 Å². The van der Waals surface area contributed by atoms with E-state index in [0.717, 1.165) is 30.6 Å². The molecule has 0 unspecified atom stereocenters. The van der Waals surface area contributed by atoms with Gasteiger partial charge in [-0.3, -0.25) is 4.79 Å². The number of ether oxygens (including phenoxy) is 1. The first-order valence-corrected chi connectivity index (χ1v) is 8.44. The van der Waals surface area contributed by atoms with E-state index >= 15 is 0 Å². The minimum atomic E-state index is -0.468. The molecule has 0 fully saturated rings. The molecule has 0 aliphatic heterocycles. The van der Waals surface area contributed by atoms with Gasteiger partial charge in [-0.15, -0.1) is 0 Å². The molecule has 0 aliphatic rings. The summed E-state index contributed by atoms with van der Waals surface area (Å²) in [7, 11) is 0. The van der Waals surface area contributed by atoms with Crippen molar-refractivity contribution in [2.75, 3.05) is 13.2 Å². The molecule has 128 valence electrons. The first-order valence-electron chi connectivity index (χ1n) is 8.44. The van der Waals surface area contributed by atoms with Crippen LogP contribution in [0.25, 0.3) is 0 Å². The summed E-state index contributed by atoms with van der Waals surface area (Å²) in [6, 6.07) is 18.0. The maximum atomic E-state index is 11.4. The molecule has 4 heteroatoms. The molecule has 0 bridgehead atoms. The predicted octanol–water partition coefficient (Wildman–Crippen LogP) is 2.70. The van der Waals surface area contributed by atoms with E-state index in [9.17, 15) is 4.79 Å². The van der Waals surface area contributed by atoms with Gasteiger partial charge >= 0.3 is 0 Å². The van der Waals surface area contributed by atoms with E-state index < -0.39 is 6.04 Å². The van der Waals surface area contributed by atoms with Crippen molar-refractivity contribution < 1.29 is 9.53 Å². The zero-order valence-electron chi connectivity index (χ0n) is 14.2. The number of carbonyl (C=O) groups excluding carboxylic acids is 1. The van der Waals surface area contributed by atoms with Gasteiger partial charge in [0.15, 0.2) is 0 Å². The van der Waals surface area contributed by atoms with Crippen molar-refractivity contribution in [3.63, 3.8) is 0 Å². The Kier molecular flexibility index (Phi) is 7.30. The average molecular weight is 326 g/mol. The Balaban J connectivity index is 1.71. The Bertz CT molecular complexity index is 627. The van der Waals surface area contributed by atoms with Gasteiger partial charge in [0.25, 0.3) is 0 Å². The molecule has 0 spiro atoms. The van der Waals surface area contributed by atoms with Crippen LogP contribution in [0.5, 0.6) is 5.75 Å². The molecule has 2 aromatic carbocycles. The van der Waals surface area contributed by atoms with Crippen LogP contribution in [0.3, 0.4) is 0 Å². The van der Waals surface area contributed by atoms with Crippen LogP contribution in [0, 0.1) is 0 Å². The molecule has 0 heterocycles. The number of aryl methyl sites for hydroxylation is 1. The minimum Gasteiger partial charge on any atom is -0.494 e. The van der Waals surface area contributed by atoms with Gasteiger partial charge < -0.3 is 15.8 Å². The van der Waals surface area contributed by atoms with Crippen LogP contribution in [0.1, 0.15) is 24.5 Å². The van der Waals surface area contributed by atoms with Gasteiger partial charge in [-0.05, 0) is 49.4 Å². The van der Waals surface area contributed by atoms with E-state index in [0.29, 0.717) is 13.2 Å². The number of carbonyl (C=O) groups is 1. The highest BCUT2D eigenvalue weighted by atomic mass is 16.5. The Morgan fingerprint density at radius 2 is 1.83 bits per heavy atom. The SMILES string of the molecule is C[C@H](N)C(=O)NCCc1cccc(OCCCc2ccccc2)c1. The highest BCUT2D eigenvalue weighted by molar-refractivity contribution is 5.80. The number of amides is 1. The van der Waals surface area contributed by atoms with Crippen LogP contribution in [0.15, 0.2) is 54.6 Å². The topological polar surface area (TPSA) is 64.4 Å². The Hall–Kier alpha value is -2.33. The molecule has 0 saturated heterocycles. The summed E-state index contributed by atoms with van der Waals surface area (Å²) in [6.45, 7) is 2.96. The number of hydrogen-bond donors (Lipinski definition) is 2. The zero-order chi connectivity index (χ0) is 17.2. The quantitative estimate of drug-likeness (QED) is 0.696. The Morgan fingerprint density at radius 1 is 1.08 bits per heavy atom. The Labute approximate surface area is 144 Å². The molecule has 0 aliphatic carbocycles. The Morgan fingerprint density at radius 3 is 2.58 bits per heavy atom. The van der Waals surface area contributed by atoms with Crippen molar-refractivity contribution >= 4 is 5.91 Å². The lowest BCUT2D eigenvalue weighted by Crippen LogP contribution is -2.39. The second-order valence-corrected chi connectivity index (χ2v) is 5.91. The first kappa shape index (κ1) is 18.0. The summed E-state index contributed by atoms with van der Waals surface area (Å²) < 4.78 is 5.83. The van der Waals surface area contributed by atoms with Crippen molar-refractivity contribution in [1.82, 2.24) is 5.32 Å². The van der Waals surface area contributed by atoms with Crippen LogP contribution in [0.4, 0.5) is 0 Å². The summed E-state index contributed by atoms with van der Waals surface area (Å²) in [5, 5.41) is 2.82. The minimum absolute atomic E-state index is 0.122. The highest BCUT2D eigenvalue weighted by Gasteiger charge is 2.05. The van der Waals surface area contributed by atoms with Crippen molar-refractivity contribution in [3.8, 4) is 5.75 Å². The lowest BCUT2D eigenvalue weighted by Gasteiger charge is -2.10. The summed E-state index contributed by atoms with van der Waals surface area (Å²) in [4.78, 5) is 11.4. The second kappa shape index (κ2) is 9.73. The molecular formula is C20H26N2O2. The standard InChI is InChI=1S/C20H26N2O2/c1-16(21)20(23)22-13-12-18-9-5-11-19(15-18)24-14-6-10-17-7-3-2-4-8-17/h2-5,7-9,11,15-16H,6,10,12-14,21H2,1H3,(H,22,23)/t16-/m0/s1. The van der Waals surface area contributed by atoms with Gasteiger partial charge in [-0.1, -0.05) is 42.5 Å². The van der Waals surface area contributed by atoms with Gasteiger partial charge in [-0.2, -0.15) is 0 Å². The maximum Gasteiger partial charge on any atom is 0.236 e. The van der Waals surface area contributed by atoms with E-state index in [1.54, 1.807) is 6.92 Å². The third-order valence-corrected chi connectivity index (χ3v) is 3.75. The van der Waals surface area contributed by atoms with Crippen LogP contribution in [0.2, 0.25) is 0 Å². The lowest BCUT2D eigenvalue weighted by molar-refractivity contribution is -0.121. The fourth-order valence-electron chi connectivity index (χ4n) is 2.39. The van der Waals surface area contributed by atoms with Crippen molar-refractivity contribution in [3.05, 3.63) is 65.7 Å². The molecule has 2 aromatic rings. The van der Waals surface area contributed by atoms with Crippen molar-refractivity contribution in [2.45, 2.75) is 32.2 Å². The van der Waals surface area contributed by atoms with Crippen LogP contribution < -0.4 is 15.8 Å². The largest absolute Gasteiger partial charge is 0.494 e. The predicted molar refractivity (Wildman–Crippen MR) is 97.1 cm³/mol. The van der Waals surface area contributed by atoms with Gasteiger partial charge in [0.2, 0.25) is 5.91 Å². The van der Waals surface area contributed by atoms with Gasteiger partial charge in [0, 0.05) is 6.54 Å². The summed E-state index contributed by atoms with van der Waals surface area (Å²) in [6.07, 6.45) is 2.77. The lowest BCUT2D eigenvalue weighted by atomic mass is 10.1. The second-order valence-electron chi connectivity index (χ2n) is 5.91. The molecule has 0 radical (unpaired) electrons. The van der Waals surface area contributed by atoms with E-state index in [2.05, 4.69) is 29.6 Å². The zero-order valence-corrected chi connectivity index (χ0v) is 14.2. The highest BCUT2D eigenvalue weighted by Crippen LogP contribution is 2.14. The number of nitrogens with one attached hydrogen (secondary N) is 1. The van der Waals surface area contributed by atoms with Gasteiger partial charge in [0.05, 0.1) is 12.6 Å². The van der Waals surface area contributed by atoms with Crippen LogP contribution >= 0.6 is 0 Å². The molecule has 1 amide bonds. The number of rotatable bonds is 9. The smallest absolute Gasteiger partial charge is 0.236 e. The number of benzene rings is 2. The number of hydrogen-bond acceptors (Lipinski definition) is 3. The summed E-state index contributed by atoms with van der Waals surface area (Å²) in [5.74, 6) is 0.752. The van der Waals surface area contributed by atoms with E-state index in [4.69, 9.17) is 10.5 Å². The monoisotopic (exact) mass is 326 g/mol. The molecule has 2 rings (SSSR count). The normalized spacial score (nSPS) is 11.8. The molecule has 24 heavy (non-hydrogen) atoms. The summed E-state index contributed by atoms with van der Waals surface area (Å²) >= 11 is 0. The fraction of sp³-hybridized carbons (Fsp3) is 0.350. The maximum absolute atomic E-state index is 11.4. The fourth-order valence-corrected chi connectivity index (χ4v) is 2.39. The molecule has 3 N–H and O–H groups in total. The van der Waals surface area contributed by atoms with Crippen LogP contribution in [-0.2, 0) is 17.6 Å². The molecule has 4 nitrogen and oxygen atoms in total. The average Bonchev–Trinajstić information content (AvgIpc) is 2.60. The first-order chi connectivity index (χ1) is 11.6. The molecule has 0 saturated carbocycles. The van der Waals surface area contributed by atoms with Crippen molar-refractivity contribution in [2.24, 2.45) is 5.73 Å². The molecule has 0 aromatic heterocycles. The van der Waals surface area contributed by atoms with E-state index in [-0.39, 0.29) is 5.91 Å². The van der Waals surface area contributed by atoms with Gasteiger partial charge in [0.1, 0.15) is 5.75 Å².